The summed E-state index contributed by atoms with van der Waals surface area (Å²) in [6.07, 6.45) is -2.93. The van der Waals surface area contributed by atoms with Gasteiger partial charge in [-0.2, -0.15) is 5.10 Å². The number of aromatic nitrogens is 4. The summed E-state index contributed by atoms with van der Waals surface area (Å²) in [5.74, 6) is 0. The predicted octanol–water partition coefficient (Wildman–Crippen LogP) is -2.15. The van der Waals surface area contributed by atoms with Crippen molar-refractivity contribution in [3.05, 3.63) is 22.9 Å². The fraction of sp³-hybridized carbons (Fsp3) is 0.500. The molecule has 0 saturated carbocycles. The van der Waals surface area contributed by atoms with Gasteiger partial charge in [-0.3, -0.25) is 9.32 Å². The summed E-state index contributed by atoms with van der Waals surface area (Å²) in [5.41, 5.74) is -0.308. The summed E-state index contributed by atoms with van der Waals surface area (Å²) in [5, 5.41) is 24.0. The number of ether oxygens (including phenoxy) is 1. The van der Waals surface area contributed by atoms with Crippen molar-refractivity contribution in [2.24, 2.45) is 0 Å². The van der Waals surface area contributed by atoms with Gasteiger partial charge < -0.3 is 29.7 Å². The molecule has 2 aromatic rings. The van der Waals surface area contributed by atoms with Crippen LogP contribution in [0.1, 0.15) is 6.23 Å². The van der Waals surface area contributed by atoms with E-state index in [2.05, 4.69) is 19.6 Å². The number of hydrogen-bond donors (Lipinski definition) is 5. The number of aliphatic hydroxyl groups excluding tert-OH is 2. The van der Waals surface area contributed by atoms with Crippen LogP contribution in [0.2, 0.25) is 0 Å². The minimum Gasteiger partial charge on any atom is -0.387 e. The molecule has 4 atom stereocenters. The van der Waals surface area contributed by atoms with Crippen LogP contribution in [-0.2, 0) is 13.8 Å². The third kappa shape index (κ3) is 3.05. The van der Waals surface area contributed by atoms with Crippen LogP contribution < -0.4 is 5.56 Å². The fourth-order valence-corrected chi connectivity index (χ4v) is 2.64. The first kappa shape index (κ1) is 16.2. The number of rotatable bonds is 4. The van der Waals surface area contributed by atoms with Gasteiger partial charge in [0.05, 0.1) is 19.1 Å². The smallest absolute Gasteiger partial charge is 0.387 e. The number of aliphatic hydroxyl groups is 2. The van der Waals surface area contributed by atoms with Gasteiger partial charge >= 0.3 is 7.82 Å². The second-order valence-electron chi connectivity index (χ2n) is 4.89. The van der Waals surface area contributed by atoms with E-state index >= 15 is 0 Å². The first-order valence-electron chi connectivity index (χ1n) is 6.40. The molecule has 3 heterocycles. The van der Waals surface area contributed by atoms with Crippen LogP contribution in [0, 0.1) is 0 Å². The van der Waals surface area contributed by atoms with E-state index in [1.165, 1.54) is 6.20 Å². The van der Waals surface area contributed by atoms with Crippen molar-refractivity contribution in [3.63, 3.8) is 0 Å². The SMILES string of the molecule is O=c1[nH]cnc2c1cnn2C1OC(COP(=O)(O)O)C(O)C1O. The van der Waals surface area contributed by atoms with Crippen molar-refractivity contribution in [2.45, 2.75) is 24.5 Å². The molecule has 5 N–H and O–H groups in total. The van der Waals surface area contributed by atoms with Crippen molar-refractivity contribution in [3.8, 4) is 0 Å². The van der Waals surface area contributed by atoms with Gasteiger partial charge in [0.2, 0.25) is 0 Å². The number of nitrogens with one attached hydrogen (secondary N) is 1. The Morgan fingerprint density at radius 1 is 1.39 bits per heavy atom. The number of phosphoric ester groups is 1. The molecule has 13 heteroatoms. The highest BCUT2D eigenvalue weighted by Crippen LogP contribution is 2.38. The lowest BCUT2D eigenvalue weighted by molar-refractivity contribution is -0.0559. The Bertz CT molecular complexity index is 815. The molecule has 0 amide bonds. The minimum atomic E-state index is -4.74. The number of phosphoric acid groups is 1. The Morgan fingerprint density at radius 3 is 2.83 bits per heavy atom. The normalized spacial score (nSPS) is 28.5. The number of hydrogen-bond acceptors (Lipinski definition) is 8. The molecule has 12 nitrogen and oxygen atoms in total. The molecule has 23 heavy (non-hydrogen) atoms. The van der Waals surface area contributed by atoms with Gasteiger partial charge in [-0.15, -0.1) is 0 Å². The van der Waals surface area contributed by atoms with Crippen molar-refractivity contribution < 1.29 is 33.8 Å². The van der Waals surface area contributed by atoms with E-state index in [-0.39, 0.29) is 11.0 Å². The third-order valence-corrected chi connectivity index (χ3v) is 3.87. The Kier molecular flexibility index (Phi) is 4.06. The topological polar surface area (TPSA) is 180 Å². The first-order valence-corrected chi connectivity index (χ1v) is 7.93. The summed E-state index contributed by atoms with van der Waals surface area (Å²) >= 11 is 0. The van der Waals surface area contributed by atoms with Gasteiger partial charge in [0, 0.05) is 0 Å². The average Bonchev–Trinajstić information content (AvgIpc) is 3.01. The molecule has 0 bridgehead atoms. The lowest BCUT2D eigenvalue weighted by Crippen LogP contribution is -2.33. The Labute approximate surface area is 127 Å². The molecule has 0 aromatic carbocycles. The van der Waals surface area contributed by atoms with Crippen LogP contribution in [0.5, 0.6) is 0 Å². The minimum absolute atomic E-state index is 0.126. The molecule has 0 spiro atoms. The second-order valence-corrected chi connectivity index (χ2v) is 6.13. The third-order valence-electron chi connectivity index (χ3n) is 3.38. The van der Waals surface area contributed by atoms with Gasteiger partial charge in [-0.1, -0.05) is 0 Å². The van der Waals surface area contributed by atoms with Gasteiger partial charge in [0.25, 0.3) is 5.56 Å². The molecule has 1 fully saturated rings. The lowest BCUT2D eigenvalue weighted by Gasteiger charge is -2.15. The molecule has 0 radical (unpaired) electrons. The van der Waals surface area contributed by atoms with Gasteiger partial charge in [0.15, 0.2) is 11.9 Å². The summed E-state index contributed by atoms with van der Waals surface area (Å²) < 4.78 is 21.4. The first-order chi connectivity index (χ1) is 10.8. The van der Waals surface area contributed by atoms with Gasteiger partial charge in [-0.05, 0) is 0 Å². The van der Waals surface area contributed by atoms with Crippen molar-refractivity contribution in [2.75, 3.05) is 6.61 Å². The Balaban J connectivity index is 1.87. The molecule has 3 rings (SSSR count). The zero-order valence-electron chi connectivity index (χ0n) is 11.4. The maximum Gasteiger partial charge on any atom is 0.469 e. The fourth-order valence-electron chi connectivity index (χ4n) is 2.30. The van der Waals surface area contributed by atoms with Crippen molar-refractivity contribution >= 4 is 18.9 Å². The zero-order valence-corrected chi connectivity index (χ0v) is 12.3. The van der Waals surface area contributed by atoms with Gasteiger partial charge in [-0.25, -0.2) is 14.2 Å². The monoisotopic (exact) mass is 348 g/mol. The molecule has 0 aliphatic carbocycles. The van der Waals surface area contributed by atoms with E-state index in [1.807, 2.05) is 0 Å². The highest BCUT2D eigenvalue weighted by molar-refractivity contribution is 7.46. The summed E-state index contributed by atoms with van der Waals surface area (Å²) in [4.78, 5) is 35.3. The molecular weight excluding hydrogens is 335 g/mol. The standard InChI is InChI=1S/C10H13N4O8P/c15-6-5(2-21-23(18,19)20)22-10(7(6)16)14-8-4(1-13-14)9(17)12-3-11-8/h1,3,5-7,10,15-16H,2H2,(H,11,12,17)(H2,18,19,20). The lowest BCUT2D eigenvalue weighted by atomic mass is 10.1. The zero-order chi connectivity index (χ0) is 16.8. The molecule has 126 valence electrons. The number of aromatic amines is 1. The maximum absolute atomic E-state index is 11.6. The molecule has 1 aliphatic rings. The van der Waals surface area contributed by atoms with E-state index in [0.29, 0.717) is 0 Å². The number of fused-ring (bicyclic) bond motifs is 1. The van der Waals surface area contributed by atoms with Crippen LogP contribution in [0.25, 0.3) is 11.0 Å². The molecular formula is C10H13N4O8P. The van der Waals surface area contributed by atoms with E-state index < -0.39 is 44.5 Å². The van der Waals surface area contributed by atoms with Crippen LogP contribution in [0.4, 0.5) is 0 Å². The number of H-pyrrole nitrogens is 1. The Morgan fingerprint density at radius 2 is 2.13 bits per heavy atom. The number of nitrogens with zero attached hydrogens (tertiary/aromatic N) is 3. The largest absolute Gasteiger partial charge is 0.469 e. The van der Waals surface area contributed by atoms with Crippen LogP contribution >= 0.6 is 7.82 Å². The quantitative estimate of drug-likeness (QED) is 0.382. The van der Waals surface area contributed by atoms with Gasteiger partial charge in [0.1, 0.15) is 23.7 Å². The highest BCUT2D eigenvalue weighted by atomic mass is 31.2. The predicted molar refractivity (Wildman–Crippen MR) is 72.1 cm³/mol. The average molecular weight is 348 g/mol. The second kappa shape index (κ2) is 5.76. The van der Waals surface area contributed by atoms with E-state index in [9.17, 15) is 19.6 Å². The molecule has 4 unspecified atom stereocenters. The molecule has 1 saturated heterocycles. The highest BCUT2D eigenvalue weighted by Gasteiger charge is 2.45. The van der Waals surface area contributed by atoms with E-state index in [4.69, 9.17) is 14.5 Å². The molecule has 1 aliphatic heterocycles. The van der Waals surface area contributed by atoms with E-state index in [0.717, 1.165) is 11.0 Å². The molecule has 2 aromatic heterocycles. The van der Waals surface area contributed by atoms with Crippen molar-refractivity contribution in [1.29, 1.82) is 0 Å². The maximum atomic E-state index is 11.6. The van der Waals surface area contributed by atoms with Crippen molar-refractivity contribution in [1.82, 2.24) is 19.7 Å². The van der Waals surface area contributed by atoms with E-state index in [1.54, 1.807) is 0 Å². The Hall–Kier alpha value is -1.66. The summed E-state index contributed by atoms with van der Waals surface area (Å²) in [6, 6.07) is 0. The van der Waals surface area contributed by atoms with Crippen LogP contribution in [-0.4, -0.2) is 64.7 Å². The van der Waals surface area contributed by atoms with Crippen LogP contribution in [0.3, 0.4) is 0 Å². The summed E-state index contributed by atoms with van der Waals surface area (Å²) in [7, 11) is -4.74. The summed E-state index contributed by atoms with van der Waals surface area (Å²) in [6.45, 7) is -0.633. The van der Waals surface area contributed by atoms with Crippen LogP contribution in [0.15, 0.2) is 17.3 Å².